The van der Waals surface area contributed by atoms with Crippen LogP contribution in [0.3, 0.4) is 0 Å². The number of thioether (sulfide) groups is 1. The summed E-state index contributed by atoms with van der Waals surface area (Å²) >= 11 is 1.43. The zero-order chi connectivity index (χ0) is 12.6. The van der Waals surface area contributed by atoms with Crippen LogP contribution in [0.5, 0.6) is 0 Å². The maximum atomic E-state index is 11.1. The predicted molar refractivity (Wildman–Crippen MR) is 65.0 cm³/mol. The lowest BCUT2D eigenvalue weighted by Crippen LogP contribution is -2.30. The van der Waals surface area contributed by atoms with Crippen LogP contribution in [0.4, 0.5) is 0 Å². The Labute approximate surface area is 101 Å². The van der Waals surface area contributed by atoms with Crippen LogP contribution in [0.1, 0.15) is 27.2 Å². The molecule has 0 unspecified atom stereocenters. The Morgan fingerprint density at radius 1 is 1.38 bits per heavy atom. The van der Waals surface area contributed by atoms with E-state index >= 15 is 0 Å². The fraction of sp³-hybridized carbons (Fsp3) is 0.727. The molecule has 94 valence electrons. The van der Waals surface area contributed by atoms with E-state index in [0.717, 1.165) is 5.75 Å². The Morgan fingerprint density at radius 3 is 2.50 bits per heavy atom. The number of carbonyl (C=O) groups excluding carboxylic acids is 1. The highest BCUT2D eigenvalue weighted by Crippen LogP contribution is 2.23. The SMILES string of the molecule is C=C(OC(C)(C)OC(=O)CC)SCCOC. The Bertz CT molecular complexity index is 238. The zero-order valence-electron chi connectivity index (χ0n) is 10.4. The lowest BCUT2D eigenvalue weighted by Gasteiger charge is -2.26. The quantitative estimate of drug-likeness (QED) is 0.286. The third-order valence-corrected chi connectivity index (χ3v) is 2.33. The van der Waals surface area contributed by atoms with E-state index in [2.05, 4.69) is 6.58 Å². The molecule has 0 aliphatic heterocycles. The number of esters is 1. The van der Waals surface area contributed by atoms with Crippen molar-refractivity contribution in [1.82, 2.24) is 0 Å². The van der Waals surface area contributed by atoms with Crippen molar-refractivity contribution in [1.29, 1.82) is 0 Å². The number of hydrogen-bond donors (Lipinski definition) is 0. The van der Waals surface area contributed by atoms with Crippen molar-refractivity contribution < 1.29 is 19.0 Å². The summed E-state index contributed by atoms with van der Waals surface area (Å²) in [6.45, 7) is 9.47. The van der Waals surface area contributed by atoms with E-state index in [4.69, 9.17) is 14.2 Å². The Morgan fingerprint density at radius 2 is 2.00 bits per heavy atom. The first-order chi connectivity index (χ1) is 7.41. The van der Waals surface area contributed by atoms with Crippen LogP contribution in [0.15, 0.2) is 11.7 Å². The molecule has 0 N–H and O–H groups in total. The molecule has 0 heterocycles. The molecule has 0 aliphatic carbocycles. The van der Waals surface area contributed by atoms with E-state index < -0.39 is 5.79 Å². The molecular formula is C11H20O4S. The molecule has 4 nitrogen and oxygen atoms in total. The summed E-state index contributed by atoms with van der Waals surface area (Å²) in [5.74, 6) is -0.503. The smallest absolute Gasteiger partial charge is 0.308 e. The third-order valence-electron chi connectivity index (χ3n) is 1.56. The molecule has 0 rings (SSSR count). The minimum Gasteiger partial charge on any atom is -0.447 e. The van der Waals surface area contributed by atoms with E-state index in [9.17, 15) is 4.79 Å². The van der Waals surface area contributed by atoms with E-state index in [1.54, 1.807) is 27.9 Å². The summed E-state index contributed by atoms with van der Waals surface area (Å²) in [6.07, 6.45) is 0.329. The molecule has 0 atom stereocenters. The van der Waals surface area contributed by atoms with Crippen molar-refractivity contribution in [2.75, 3.05) is 19.5 Å². The molecule has 0 radical (unpaired) electrons. The van der Waals surface area contributed by atoms with Gasteiger partial charge in [0.05, 0.1) is 6.61 Å². The van der Waals surface area contributed by atoms with Crippen molar-refractivity contribution in [3.8, 4) is 0 Å². The average molecular weight is 248 g/mol. The largest absolute Gasteiger partial charge is 0.447 e. The van der Waals surface area contributed by atoms with E-state index in [1.807, 2.05) is 0 Å². The standard InChI is InChI=1S/C11H20O4S/c1-6-10(12)15-11(3,4)14-9(2)16-8-7-13-5/h2,6-8H2,1,3-5H3. The van der Waals surface area contributed by atoms with Gasteiger partial charge in [-0.05, 0) is 6.58 Å². The first-order valence-electron chi connectivity index (χ1n) is 5.12. The highest BCUT2D eigenvalue weighted by Gasteiger charge is 2.24. The average Bonchev–Trinajstić information content (AvgIpc) is 2.16. The molecule has 5 heteroatoms. The molecule has 0 bridgehead atoms. The summed E-state index contributed by atoms with van der Waals surface area (Å²) in [7, 11) is 1.64. The van der Waals surface area contributed by atoms with Crippen LogP contribution >= 0.6 is 11.8 Å². The monoisotopic (exact) mass is 248 g/mol. The molecule has 0 spiro atoms. The minimum atomic E-state index is -0.968. The molecule has 0 fully saturated rings. The lowest BCUT2D eigenvalue weighted by atomic mass is 10.4. The molecule has 0 saturated heterocycles. The second-order valence-corrected chi connectivity index (χ2v) is 4.70. The van der Waals surface area contributed by atoms with E-state index in [-0.39, 0.29) is 5.97 Å². The van der Waals surface area contributed by atoms with Gasteiger partial charge in [0.15, 0.2) is 5.09 Å². The van der Waals surface area contributed by atoms with Crippen molar-refractivity contribution in [3.05, 3.63) is 11.7 Å². The van der Waals surface area contributed by atoms with Gasteiger partial charge in [-0.15, -0.1) is 0 Å². The van der Waals surface area contributed by atoms with Crippen LogP contribution in [0.2, 0.25) is 0 Å². The van der Waals surface area contributed by atoms with Crippen LogP contribution < -0.4 is 0 Å². The van der Waals surface area contributed by atoms with Crippen molar-refractivity contribution in [3.63, 3.8) is 0 Å². The highest BCUT2D eigenvalue weighted by atomic mass is 32.2. The maximum absolute atomic E-state index is 11.1. The van der Waals surface area contributed by atoms with Crippen LogP contribution in [-0.2, 0) is 19.0 Å². The Kier molecular flexibility index (Phi) is 7.25. The molecule has 16 heavy (non-hydrogen) atoms. The Hall–Kier alpha value is -0.680. The lowest BCUT2D eigenvalue weighted by molar-refractivity contribution is -0.198. The van der Waals surface area contributed by atoms with E-state index in [1.165, 1.54) is 11.8 Å². The summed E-state index contributed by atoms with van der Waals surface area (Å²) < 4.78 is 15.4. The summed E-state index contributed by atoms with van der Waals surface area (Å²) in [6, 6.07) is 0. The predicted octanol–water partition coefficient (Wildman–Crippen LogP) is 2.54. The highest BCUT2D eigenvalue weighted by molar-refractivity contribution is 8.02. The van der Waals surface area contributed by atoms with Gasteiger partial charge in [-0.25, -0.2) is 0 Å². The van der Waals surface area contributed by atoms with Crippen LogP contribution in [-0.4, -0.2) is 31.2 Å². The van der Waals surface area contributed by atoms with Gasteiger partial charge in [0.25, 0.3) is 0 Å². The maximum Gasteiger partial charge on any atom is 0.308 e. The molecule has 0 amide bonds. The van der Waals surface area contributed by atoms with Crippen molar-refractivity contribution in [2.24, 2.45) is 0 Å². The van der Waals surface area contributed by atoms with Gasteiger partial charge in [0.1, 0.15) is 0 Å². The number of hydrogen-bond acceptors (Lipinski definition) is 5. The Balaban J connectivity index is 3.95. The van der Waals surface area contributed by atoms with E-state index in [0.29, 0.717) is 18.1 Å². The van der Waals surface area contributed by atoms with Gasteiger partial charge in [-0.3, -0.25) is 4.79 Å². The third kappa shape index (κ3) is 7.59. The molecule has 0 saturated carbocycles. The fourth-order valence-corrected chi connectivity index (χ4v) is 1.65. The summed E-state index contributed by atoms with van der Waals surface area (Å²) in [5, 5.41) is 0.519. The van der Waals surface area contributed by atoms with Gasteiger partial charge in [0, 0.05) is 33.1 Å². The van der Waals surface area contributed by atoms with Gasteiger partial charge < -0.3 is 14.2 Å². The first-order valence-corrected chi connectivity index (χ1v) is 6.11. The summed E-state index contributed by atoms with van der Waals surface area (Å²) in [5.41, 5.74) is 0. The second-order valence-electron chi connectivity index (χ2n) is 3.54. The fourth-order valence-electron chi connectivity index (χ4n) is 0.910. The molecule has 0 aromatic carbocycles. The topological polar surface area (TPSA) is 44.8 Å². The number of carbonyl (C=O) groups is 1. The molecule has 0 aliphatic rings. The van der Waals surface area contributed by atoms with Crippen molar-refractivity contribution >= 4 is 17.7 Å². The second kappa shape index (κ2) is 7.57. The molecule has 0 aromatic rings. The number of rotatable bonds is 8. The van der Waals surface area contributed by atoms with Crippen LogP contribution in [0.25, 0.3) is 0 Å². The van der Waals surface area contributed by atoms with Gasteiger partial charge in [0.2, 0.25) is 5.79 Å². The summed E-state index contributed by atoms with van der Waals surface area (Å²) in [4.78, 5) is 11.1. The number of methoxy groups -OCH3 is 1. The zero-order valence-corrected chi connectivity index (χ0v) is 11.2. The molecule has 0 aromatic heterocycles. The van der Waals surface area contributed by atoms with Crippen molar-refractivity contribution in [2.45, 2.75) is 33.0 Å². The number of ether oxygens (including phenoxy) is 3. The van der Waals surface area contributed by atoms with Gasteiger partial charge >= 0.3 is 5.97 Å². The molecular weight excluding hydrogens is 228 g/mol. The normalized spacial score (nSPS) is 11.0. The van der Waals surface area contributed by atoms with Crippen LogP contribution in [0, 0.1) is 0 Å². The van der Waals surface area contributed by atoms with Gasteiger partial charge in [-0.1, -0.05) is 18.7 Å². The minimum absolute atomic E-state index is 0.292. The first kappa shape index (κ1) is 15.3. The van der Waals surface area contributed by atoms with Gasteiger partial charge in [-0.2, -0.15) is 0 Å².